The van der Waals surface area contributed by atoms with Crippen molar-refractivity contribution in [2.75, 3.05) is 18.4 Å². The van der Waals surface area contributed by atoms with Crippen LogP contribution < -0.4 is 5.32 Å². The Labute approximate surface area is 152 Å². The van der Waals surface area contributed by atoms with E-state index in [2.05, 4.69) is 5.32 Å². The second-order valence-electron chi connectivity index (χ2n) is 6.39. The third kappa shape index (κ3) is 3.78. The van der Waals surface area contributed by atoms with Crippen molar-refractivity contribution < 1.29 is 13.2 Å². The number of anilines is 1. The molecule has 1 aliphatic rings. The Kier molecular flexibility index (Phi) is 5.27. The summed E-state index contributed by atoms with van der Waals surface area (Å²) < 4.78 is 27.2. The lowest BCUT2D eigenvalue weighted by atomic mass is 9.98. The Bertz CT molecular complexity index is 840. The molecule has 0 bridgehead atoms. The van der Waals surface area contributed by atoms with Crippen LogP contribution in [-0.2, 0) is 14.8 Å². The van der Waals surface area contributed by atoms with Gasteiger partial charge in [-0.05, 0) is 49.3 Å². The molecule has 2 heterocycles. The van der Waals surface area contributed by atoms with Crippen molar-refractivity contribution >= 4 is 33.0 Å². The van der Waals surface area contributed by atoms with Gasteiger partial charge in [0.15, 0.2) is 0 Å². The second-order valence-corrected chi connectivity index (χ2v) is 9.50. The van der Waals surface area contributed by atoms with Crippen molar-refractivity contribution in [2.45, 2.75) is 30.9 Å². The number of piperidine rings is 1. The lowest BCUT2D eigenvalue weighted by Crippen LogP contribution is -2.43. The second kappa shape index (κ2) is 7.27. The van der Waals surface area contributed by atoms with Crippen molar-refractivity contribution in [3.8, 4) is 0 Å². The molecule has 0 radical (unpaired) electrons. The van der Waals surface area contributed by atoms with E-state index < -0.39 is 10.0 Å². The average molecular weight is 379 g/mol. The van der Waals surface area contributed by atoms with Gasteiger partial charge in [-0.25, -0.2) is 8.42 Å². The number of carbonyl (C=O) groups is 1. The molecule has 1 amide bonds. The van der Waals surface area contributed by atoms with Gasteiger partial charge in [0.2, 0.25) is 5.91 Å². The largest absolute Gasteiger partial charge is 0.325 e. The molecular formula is C18H22N2O3S2. The molecule has 0 spiro atoms. The quantitative estimate of drug-likeness (QED) is 0.887. The van der Waals surface area contributed by atoms with Crippen LogP contribution in [0.25, 0.3) is 0 Å². The van der Waals surface area contributed by atoms with Gasteiger partial charge in [0.25, 0.3) is 10.0 Å². The van der Waals surface area contributed by atoms with E-state index in [-0.39, 0.29) is 18.4 Å². The van der Waals surface area contributed by atoms with Crippen molar-refractivity contribution in [1.29, 1.82) is 0 Å². The summed E-state index contributed by atoms with van der Waals surface area (Å²) in [5.74, 6) is -0.439. The van der Waals surface area contributed by atoms with Gasteiger partial charge in [-0.2, -0.15) is 4.31 Å². The van der Waals surface area contributed by atoms with Crippen LogP contribution in [-0.4, -0.2) is 31.7 Å². The van der Waals surface area contributed by atoms with Gasteiger partial charge in [0.05, 0.1) is 5.92 Å². The van der Waals surface area contributed by atoms with Crippen LogP contribution in [0.15, 0.2) is 39.9 Å². The summed E-state index contributed by atoms with van der Waals surface area (Å²) in [6, 6.07) is 9.21. The third-order valence-electron chi connectivity index (χ3n) is 4.57. The van der Waals surface area contributed by atoms with Crippen molar-refractivity contribution in [3.63, 3.8) is 0 Å². The number of thiophene rings is 1. The first kappa shape index (κ1) is 18.1. The maximum atomic E-state index is 12.7. The minimum absolute atomic E-state index is 0.108. The number of aryl methyl sites for hydroxylation is 2. The van der Waals surface area contributed by atoms with Crippen LogP contribution in [0, 0.1) is 19.8 Å². The predicted molar refractivity (Wildman–Crippen MR) is 100 cm³/mol. The van der Waals surface area contributed by atoms with Crippen LogP contribution >= 0.6 is 11.3 Å². The van der Waals surface area contributed by atoms with Crippen LogP contribution in [0.1, 0.15) is 24.0 Å². The van der Waals surface area contributed by atoms with E-state index in [1.807, 2.05) is 32.0 Å². The van der Waals surface area contributed by atoms with Gasteiger partial charge in [-0.15, -0.1) is 11.3 Å². The highest BCUT2D eigenvalue weighted by atomic mass is 32.2. The Hall–Kier alpha value is -1.70. The summed E-state index contributed by atoms with van der Waals surface area (Å²) in [4.78, 5) is 12.7. The van der Waals surface area contributed by atoms with Gasteiger partial charge in [0, 0.05) is 18.8 Å². The molecule has 134 valence electrons. The number of nitrogens with zero attached hydrogens (tertiary/aromatic N) is 1. The minimum Gasteiger partial charge on any atom is -0.325 e. The standard InChI is InChI=1S/C18H22N2O3S2/c1-13-6-3-7-14(2)17(13)19-18(21)15-8-4-10-20(12-15)25(22,23)16-9-5-11-24-16/h3,5-7,9,11,15H,4,8,10,12H2,1-2H3,(H,19,21)/t15-/m0/s1. The van der Waals surface area contributed by atoms with Gasteiger partial charge < -0.3 is 5.32 Å². The topological polar surface area (TPSA) is 66.5 Å². The Morgan fingerprint density at radius 2 is 1.92 bits per heavy atom. The molecule has 1 saturated heterocycles. The monoisotopic (exact) mass is 378 g/mol. The van der Waals surface area contributed by atoms with Crippen LogP contribution in [0.5, 0.6) is 0 Å². The number of sulfonamides is 1. The molecule has 0 unspecified atom stereocenters. The zero-order valence-electron chi connectivity index (χ0n) is 14.4. The summed E-state index contributed by atoms with van der Waals surface area (Å²) in [6.07, 6.45) is 1.39. The molecule has 1 N–H and O–H groups in total. The molecule has 1 atom stereocenters. The van der Waals surface area contributed by atoms with E-state index >= 15 is 0 Å². The number of rotatable bonds is 4. The molecule has 5 nitrogen and oxygen atoms in total. The van der Waals surface area contributed by atoms with Gasteiger partial charge in [-0.3, -0.25) is 4.79 Å². The molecule has 3 rings (SSSR count). The molecule has 0 aliphatic carbocycles. The SMILES string of the molecule is Cc1cccc(C)c1NC(=O)[C@H]1CCCN(S(=O)(=O)c2cccs2)C1. The molecule has 0 saturated carbocycles. The van der Waals surface area contributed by atoms with E-state index in [1.54, 1.807) is 17.5 Å². The van der Waals surface area contributed by atoms with E-state index in [1.165, 1.54) is 15.6 Å². The summed E-state index contributed by atoms with van der Waals surface area (Å²) in [5, 5.41) is 4.75. The number of nitrogens with one attached hydrogen (secondary N) is 1. The fourth-order valence-electron chi connectivity index (χ4n) is 3.15. The first-order valence-electron chi connectivity index (χ1n) is 8.30. The smallest absolute Gasteiger partial charge is 0.252 e. The Balaban J connectivity index is 1.74. The molecule has 1 aromatic carbocycles. The minimum atomic E-state index is -3.50. The average Bonchev–Trinajstić information content (AvgIpc) is 3.14. The lowest BCUT2D eigenvalue weighted by molar-refractivity contribution is -0.120. The number of para-hydroxylation sites is 1. The normalized spacial score (nSPS) is 18.9. The summed E-state index contributed by atoms with van der Waals surface area (Å²) >= 11 is 1.21. The lowest BCUT2D eigenvalue weighted by Gasteiger charge is -2.31. The number of hydrogen-bond acceptors (Lipinski definition) is 4. The van der Waals surface area contributed by atoms with E-state index in [0.717, 1.165) is 16.8 Å². The van der Waals surface area contributed by atoms with Crippen LogP contribution in [0.4, 0.5) is 5.69 Å². The highest BCUT2D eigenvalue weighted by Gasteiger charge is 2.34. The molecule has 7 heteroatoms. The Morgan fingerprint density at radius 3 is 2.56 bits per heavy atom. The van der Waals surface area contributed by atoms with Crippen LogP contribution in [0.3, 0.4) is 0 Å². The molecule has 2 aromatic rings. The maximum Gasteiger partial charge on any atom is 0.252 e. The summed E-state index contributed by atoms with van der Waals surface area (Å²) in [5.41, 5.74) is 2.84. The molecule has 25 heavy (non-hydrogen) atoms. The first-order valence-corrected chi connectivity index (χ1v) is 10.6. The van der Waals surface area contributed by atoms with Crippen LogP contribution in [0.2, 0.25) is 0 Å². The van der Waals surface area contributed by atoms with Gasteiger partial charge in [0.1, 0.15) is 4.21 Å². The zero-order chi connectivity index (χ0) is 18.0. The van der Waals surface area contributed by atoms with Crippen molar-refractivity contribution in [2.24, 2.45) is 5.92 Å². The first-order chi connectivity index (χ1) is 11.9. The molecule has 1 aliphatic heterocycles. The predicted octanol–water partition coefficient (Wildman–Crippen LogP) is 3.40. The fraction of sp³-hybridized carbons (Fsp3) is 0.389. The maximum absolute atomic E-state index is 12.7. The zero-order valence-corrected chi connectivity index (χ0v) is 16.0. The summed E-state index contributed by atoms with van der Waals surface area (Å²) in [7, 11) is -3.50. The highest BCUT2D eigenvalue weighted by molar-refractivity contribution is 7.91. The number of hydrogen-bond donors (Lipinski definition) is 1. The number of carbonyl (C=O) groups excluding carboxylic acids is 1. The number of benzene rings is 1. The van der Waals surface area contributed by atoms with E-state index in [0.29, 0.717) is 23.6 Å². The summed E-state index contributed by atoms with van der Waals surface area (Å²) in [6.45, 7) is 4.61. The highest BCUT2D eigenvalue weighted by Crippen LogP contribution is 2.28. The van der Waals surface area contributed by atoms with Crippen molar-refractivity contribution in [1.82, 2.24) is 4.31 Å². The number of amides is 1. The molecule has 1 fully saturated rings. The molecular weight excluding hydrogens is 356 g/mol. The van der Waals surface area contributed by atoms with E-state index in [9.17, 15) is 13.2 Å². The molecule has 1 aromatic heterocycles. The van der Waals surface area contributed by atoms with Gasteiger partial charge in [-0.1, -0.05) is 24.3 Å². The Morgan fingerprint density at radius 1 is 1.20 bits per heavy atom. The fourth-order valence-corrected chi connectivity index (χ4v) is 5.82. The van der Waals surface area contributed by atoms with Gasteiger partial charge >= 0.3 is 0 Å². The third-order valence-corrected chi connectivity index (χ3v) is 7.81. The van der Waals surface area contributed by atoms with Crippen molar-refractivity contribution in [3.05, 3.63) is 46.8 Å². The van der Waals surface area contributed by atoms with E-state index in [4.69, 9.17) is 0 Å².